The van der Waals surface area contributed by atoms with Crippen LogP contribution in [0.5, 0.6) is 0 Å². The third-order valence-electron chi connectivity index (χ3n) is 13.4. The number of rotatable bonds is 9. The maximum Gasteiger partial charge on any atom is -0.00141 e. The molecule has 0 N–H and O–H groups in total. The molecule has 68 heavy (non-hydrogen) atoms. The van der Waals surface area contributed by atoms with Crippen LogP contribution in [0.15, 0.2) is 255 Å². The van der Waals surface area contributed by atoms with Crippen molar-refractivity contribution in [1.82, 2.24) is 0 Å². The summed E-state index contributed by atoms with van der Waals surface area (Å²) < 4.78 is 0. The summed E-state index contributed by atoms with van der Waals surface area (Å²) in [5.74, 6) is 0. The molecule has 0 fully saturated rings. The predicted molar refractivity (Wildman–Crippen MR) is 294 cm³/mol. The Balaban J connectivity index is 0.911. The van der Waals surface area contributed by atoms with Crippen molar-refractivity contribution >= 4 is 67.4 Å². The van der Waals surface area contributed by atoms with E-state index in [-0.39, 0.29) is 0 Å². The molecule has 0 radical (unpaired) electrons. The Labute approximate surface area is 398 Å². The molecule has 0 saturated heterocycles. The predicted octanol–water partition coefficient (Wildman–Crippen LogP) is 19.0. The van der Waals surface area contributed by atoms with Gasteiger partial charge >= 0.3 is 0 Å². The van der Waals surface area contributed by atoms with Crippen LogP contribution >= 0.6 is 0 Å². The van der Waals surface area contributed by atoms with E-state index < -0.39 is 0 Å². The standard InChI is InChI=1S/C68H46/c1-4-13-47(14-5-1)23-25-49-27-29-60-45-58(41-39-56(60)43-49)51-31-35-54(36-32-51)66-63-19-10-11-20-64(63)67(68-62(21-12-22-65(66)68)53-17-8-3-9-18-53)55-37-33-52(34-38-55)59-42-40-57-44-50(28-30-61(57)46-59)26-24-48-15-6-2-7-16-48/h1-46H/b25-23+,26-24+. The summed E-state index contributed by atoms with van der Waals surface area (Å²) in [5.41, 5.74) is 17.0. The van der Waals surface area contributed by atoms with Crippen LogP contribution in [0.4, 0.5) is 0 Å². The van der Waals surface area contributed by atoms with E-state index in [1.54, 1.807) is 0 Å². The van der Waals surface area contributed by atoms with Gasteiger partial charge in [-0.15, -0.1) is 0 Å². The van der Waals surface area contributed by atoms with Gasteiger partial charge in [-0.3, -0.25) is 0 Å². The topological polar surface area (TPSA) is 0 Å². The summed E-state index contributed by atoms with van der Waals surface area (Å²) in [6.45, 7) is 0. The smallest absolute Gasteiger partial charge is 0.00141 e. The molecule has 0 spiro atoms. The summed E-state index contributed by atoms with van der Waals surface area (Å²) in [6.07, 6.45) is 8.72. The van der Waals surface area contributed by atoms with Gasteiger partial charge in [0.25, 0.3) is 0 Å². The second kappa shape index (κ2) is 17.9. The van der Waals surface area contributed by atoms with Crippen LogP contribution in [0.1, 0.15) is 22.3 Å². The van der Waals surface area contributed by atoms with Gasteiger partial charge in [-0.1, -0.05) is 255 Å². The maximum absolute atomic E-state index is 2.32. The minimum absolute atomic E-state index is 1.19. The lowest BCUT2D eigenvalue weighted by Gasteiger charge is -2.20. The molecule has 0 heterocycles. The average Bonchev–Trinajstić information content (AvgIpc) is 3.41. The number of benzene rings is 12. The summed E-state index contributed by atoms with van der Waals surface area (Å²) in [4.78, 5) is 0. The Bertz CT molecular complexity index is 3840. The largest absolute Gasteiger partial charge is 0.0622 e. The lowest BCUT2D eigenvalue weighted by Crippen LogP contribution is -1.93. The fourth-order valence-electron chi connectivity index (χ4n) is 9.96. The molecule has 0 aromatic heterocycles. The summed E-state index contributed by atoms with van der Waals surface area (Å²) in [5, 5.41) is 9.92. The first-order valence-electron chi connectivity index (χ1n) is 23.5. The van der Waals surface area contributed by atoms with E-state index >= 15 is 0 Å². The van der Waals surface area contributed by atoms with E-state index in [9.17, 15) is 0 Å². The lowest BCUT2D eigenvalue weighted by atomic mass is 9.82. The van der Waals surface area contributed by atoms with Gasteiger partial charge in [0.15, 0.2) is 0 Å². The van der Waals surface area contributed by atoms with Crippen LogP contribution < -0.4 is 0 Å². The molecule has 12 aromatic rings. The zero-order valence-corrected chi connectivity index (χ0v) is 37.6. The van der Waals surface area contributed by atoms with E-state index in [1.165, 1.54) is 121 Å². The molecule has 0 unspecified atom stereocenters. The van der Waals surface area contributed by atoms with E-state index in [2.05, 4.69) is 279 Å². The molecule has 12 rings (SSSR count). The van der Waals surface area contributed by atoms with Crippen LogP contribution in [0.2, 0.25) is 0 Å². The van der Waals surface area contributed by atoms with Crippen LogP contribution in [0, 0.1) is 0 Å². The van der Waals surface area contributed by atoms with Crippen molar-refractivity contribution in [2.45, 2.75) is 0 Å². The quantitative estimate of drug-likeness (QED) is 0.100. The highest BCUT2D eigenvalue weighted by atomic mass is 14.2. The van der Waals surface area contributed by atoms with Crippen molar-refractivity contribution in [3.8, 4) is 55.6 Å². The Hall–Kier alpha value is -8.84. The molecular weight excluding hydrogens is 817 g/mol. The molecule has 0 amide bonds. The van der Waals surface area contributed by atoms with Crippen LogP contribution in [0.25, 0.3) is 123 Å². The van der Waals surface area contributed by atoms with Gasteiger partial charge in [-0.05, 0) is 145 Å². The van der Waals surface area contributed by atoms with Crippen molar-refractivity contribution in [2.24, 2.45) is 0 Å². The molecule has 0 aliphatic heterocycles. The highest BCUT2D eigenvalue weighted by Crippen LogP contribution is 2.47. The second-order valence-electron chi connectivity index (χ2n) is 17.7. The van der Waals surface area contributed by atoms with Gasteiger partial charge in [0.1, 0.15) is 0 Å². The number of hydrogen-bond donors (Lipinski definition) is 0. The van der Waals surface area contributed by atoms with E-state index in [0.717, 1.165) is 0 Å². The molecule has 0 saturated carbocycles. The van der Waals surface area contributed by atoms with Gasteiger partial charge in [-0.25, -0.2) is 0 Å². The minimum Gasteiger partial charge on any atom is -0.0622 e. The third-order valence-corrected chi connectivity index (χ3v) is 13.4. The third kappa shape index (κ3) is 8.00. The molecule has 0 bridgehead atoms. The Morgan fingerprint density at radius 3 is 1.12 bits per heavy atom. The summed E-state index contributed by atoms with van der Waals surface area (Å²) >= 11 is 0. The number of fused-ring (bicyclic) bond motifs is 4. The van der Waals surface area contributed by atoms with Crippen LogP contribution in [-0.2, 0) is 0 Å². The van der Waals surface area contributed by atoms with E-state index in [4.69, 9.17) is 0 Å². The first-order valence-corrected chi connectivity index (χ1v) is 23.5. The molecule has 0 atom stereocenters. The van der Waals surface area contributed by atoms with Crippen molar-refractivity contribution in [1.29, 1.82) is 0 Å². The molecule has 318 valence electrons. The zero-order chi connectivity index (χ0) is 45.2. The van der Waals surface area contributed by atoms with E-state index in [1.807, 2.05) is 0 Å². The first kappa shape index (κ1) is 40.7. The normalized spacial score (nSPS) is 11.7. The fraction of sp³-hybridized carbons (Fsp3) is 0. The molecule has 0 nitrogen and oxygen atoms in total. The summed E-state index contributed by atoms with van der Waals surface area (Å²) in [6, 6.07) is 93.1. The summed E-state index contributed by atoms with van der Waals surface area (Å²) in [7, 11) is 0. The Kier molecular flexibility index (Phi) is 10.7. The average molecular weight is 863 g/mol. The first-order chi connectivity index (χ1) is 33.7. The van der Waals surface area contributed by atoms with Crippen LogP contribution in [0.3, 0.4) is 0 Å². The van der Waals surface area contributed by atoms with Crippen molar-refractivity contribution in [2.75, 3.05) is 0 Å². The van der Waals surface area contributed by atoms with E-state index in [0.29, 0.717) is 0 Å². The SMILES string of the molecule is C(=C\c1ccc2cc(-c3ccc(-c4c5ccccc5c(-c5ccc(-c6ccc7cc(/C=C/c8ccccc8)ccc7c6)cc5)c5c(-c6ccccc6)cccc45)cc3)ccc2c1)/c1ccccc1. The van der Waals surface area contributed by atoms with Gasteiger partial charge in [0.05, 0.1) is 0 Å². The Morgan fingerprint density at radius 2 is 0.588 bits per heavy atom. The monoisotopic (exact) mass is 862 g/mol. The maximum atomic E-state index is 2.32. The zero-order valence-electron chi connectivity index (χ0n) is 37.6. The van der Waals surface area contributed by atoms with Gasteiger partial charge < -0.3 is 0 Å². The molecular formula is C68H46. The van der Waals surface area contributed by atoms with Crippen molar-refractivity contribution < 1.29 is 0 Å². The van der Waals surface area contributed by atoms with Gasteiger partial charge in [0.2, 0.25) is 0 Å². The van der Waals surface area contributed by atoms with Gasteiger partial charge in [-0.2, -0.15) is 0 Å². The Morgan fingerprint density at radius 1 is 0.206 bits per heavy atom. The number of hydrogen-bond acceptors (Lipinski definition) is 0. The van der Waals surface area contributed by atoms with Crippen molar-refractivity contribution in [3.63, 3.8) is 0 Å². The highest BCUT2D eigenvalue weighted by Gasteiger charge is 2.20. The molecule has 12 aromatic carbocycles. The lowest BCUT2D eigenvalue weighted by molar-refractivity contribution is 1.61. The van der Waals surface area contributed by atoms with Gasteiger partial charge in [0, 0.05) is 0 Å². The molecule has 0 aliphatic carbocycles. The van der Waals surface area contributed by atoms with Crippen molar-refractivity contribution in [3.05, 3.63) is 277 Å². The van der Waals surface area contributed by atoms with Crippen LogP contribution in [-0.4, -0.2) is 0 Å². The molecule has 0 aliphatic rings. The minimum atomic E-state index is 1.19. The molecule has 0 heteroatoms. The second-order valence-corrected chi connectivity index (χ2v) is 17.7. The fourth-order valence-corrected chi connectivity index (χ4v) is 9.96. The highest BCUT2D eigenvalue weighted by molar-refractivity contribution is 6.24.